The number of nitrogens with zero attached hydrogens (tertiary/aromatic N) is 1. The van der Waals surface area contributed by atoms with Gasteiger partial charge in [-0.3, -0.25) is 14.3 Å². The largest absolute Gasteiger partial charge is 0.328 e. The van der Waals surface area contributed by atoms with Crippen LogP contribution in [0.4, 0.5) is 0 Å². The van der Waals surface area contributed by atoms with Crippen LogP contribution in [0.15, 0.2) is 15.8 Å². The molecule has 2 N–H and O–H groups in total. The van der Waals surface area contributed by atoms with Crippen LogP contribution in [-0.2, 0) is 6.54 Å². The minimum Gasteiger partial charge on any atom is -0.317 e. The zero-order chi connectivity index (χ0) is 12.7. The van der Waals surface area contributed by atoms with Gasteiger partial charge in [0.05, 0.1) is 0 Å². The normalized spacial score (nSPS) is 10.7. The first-order valence-corrected chi connectivity index (χ1v) is 6.23. The summed E-state index contributed by atoms with van der Waals surface area (Å²) in [5.41, 5.74) is -0.932. The summed E-state index contributed by atoms with van der Waals surface area (Å²) in [5.74, 6) is 0. The zero-order valence-electron chi connectivity index (χ0n) is 9.96. The number of hydrogen-bond donors (Lipinski definition) is 2. The molecule has 1 rings (SSSR count). The van der Waals surface area contributed by atoms with E-state index in [-0.39, 0.29) is 5.02 Å². The number of unbranched alkanes of at least 4 members (excludes halogenated alkanes) is 1. The molecular weight excluding hydrogens is 242 g/mol. The van der Waals surface area contributed by atoms with Crippen molar-refractivity contribution in [2.24, 2.45) is 0 Å². The smallest absolute Gasteiger partial charge is 0.317 e. The first-order valence-electron chi connectivity index (χ1n) is 5.85. The van der Waals surface area contributed by atoms with Gasteiger partial charge in [-0.1, -0.05) is 18.5 Å². The summed E-state index contributed by atoms with van der Waals surface area (Å²) in [7, 11) is 0. The SMILES string of the molecule is CCCNCCCCn1cc(Cl)c(=O)[nH]c1=O. The third kappa shape index (κ3) is 4.75. The first-order chi connectivity index (χ1) is 8.15. The highest BCUT2D eigenvalue weighted by Crippen LogP contribution is 1.98. The van der Waals surface area contributed by atoms with Crippen LogP contribution >= 0.6 is 11.6 Å². The lowest BCUT2D eigenvalue weighted by atomic mass is 10.3. The van der Waals surface area contributed by atoms with Gasteiger partial charge in [0.2, 0.25) is 0 Å². The molecule has 6 heteroatoms. The summed E-state index contributed by atoms with van der Waals surface area (Å²) in [5, 5.41) is 3.33. The Labute approximate surface area is 105 Å². The second-order valence-corrected chi connectivity index (χ2v) is 4.29. The summed E-state index contributed by atoms with van der Waals surface area (Å²) in [6.45, 7) is 4.65. The molecule has 0 aliphatic rings. The fourth-order valence-corrected chi connectivity index (χ4v) is 1.65. The number of nitrogens with one attached hydrogen (secondary N) is 2. The molecule has 1 heterocycles. The highest BCUT2D eigenvalue weighted by Gasteiger charge is 2.01. The molecule has 1 aromatic heterocycles. The summed E-state index contributed by atoms with van der Waals surface area (Å²) >= 11 is 5.65. The summed E-state index contributed by atoms with van der Waals surface area (Å²) in [4.78, 5) is 24.6. The van der Waals surface area contributed by atoms with Gasteiger partial charge in [0, 0.05) is 12.7 Å². The fraction of sp³-hybridized carbons (Fsp3) is 0.636. The molecule has 0 saturated heterocycles. The minimum absolute atomic E-state index is 0.0497. The molecule has 96 valence electrons. The average Bonchev–Trinajstić information content (AvgIpc) is 2.30. The fourth-order valence-electron chi connectivity index (χ4n) is 1.48. The Kier molecular flexibility index (Phi) is 6.00. The van der Waals surface area contributed by atoms with Gasteiger partial charge in [0.25, 0.3) is 5.56 Å². The summed E-state index contributed by atoms with van der Waals surface area (Å²) < 4.78 is 1.43. The van der Waals surface area contributed by atoms with Crippen molar-refractivity contribution in [1.29, 1.82) is 0 Å². The van der Waals surface area contributed by atoms with E-state index >= 15 is 0 Å². The predicted molar refractivity (Wildman–Crippen MR) is 68.7 cm³/mol. The standard InChI is InChI=1S/C11H18ClN3O2/c1-2-5-13-6-3-4-7-15-8-9(12)10(16)14-11(15)17/h8,13H,2-7H2,1H3,(H,14,16,17). The minimum atomic E-state index is -0.530. The summed E-state index contributed by atoms with van der Waals surface area (Å²) in [6.07, 6.45) is 4.37. The van der Waals surface area contributed by atoms with E-state index in [2.05, 4.69) is 17.2 Å². The lowest BCUT2D eigenvalue weighted by Crippen LogP contribution is -2.29. The van der Waals surface area contributed by atoms with Gasteiger partial charge in [0.1, 0.15) is 5.02 Å². The number of aryl methyl sites for hydroxylation is 1. The molecule has 5 nitrogen and oxygen atoms in total. The molecular formula is C11H18ClN3O2. The molecule has 0 atom stereocenters. The van der Waals surface area contributed by atoms with E-state index in [0.29, 0.717) is 6.54 Å². The Morgan fingerprint density at radius 3 is 2.82 bits per heavy atom. The molecule has 0 aliphatic heterocycles. The molecule has 0 aliphatic carbocycles. The Bertz CT molecular complexity index is 453. The molecule has 0 fully saturated rings. The van der Waals surface area contributed by atoms with Crippen LogP contribution in [0, 0.1) is 0 Å². The summed E-state index contributed by atoms with van der Waals surface area (Å²) in [6, 6.07) is 0. The van der Waals surface area contributed by atoms with Crippen LogP contribution in [0.2, 0.25) is 5.02 Å². The van der Waals surface area contributed by atoms with Gasteiger partial charge in [-0.05, 0) is 32.4 Å². The predicted octanol–water partition coefficient (Wildman–Crippen LogP) is 0.970. The van der Waals surface area contributed by atoms with Crippen LogP contribution in [0.1, 0.15) is 26.2 Å². The van der Waals surface area contributed by atoms with E-state index in [4.69, 9.17) is 11.6 Å². The van der Waals surface area contributed by atoms with Crippen molar-refractivity contribution in [2.75, 3.05) is 13.1 Å². The molecule has 17 heavy (non-hydrogen) atoms. The van der Waals surface area contributed by atoms with Crippen molar-refractivity contribution in [1.82, 2.24) is 14.9 Å². The molecule has 1 aromatic rings. The second kappa shape index (κ2) is 7.29. The number of hydrogen-bond acceptors (Lipinski definition) is 3. The molecule has 0 aromatic carbocycles. The van der Waals surface area contributed by atoms with Crippen molar-refractivity contribution in [3.63, 3.8) is 0 Å². The number of rotatable bonds is 7. The third-order valence-corrected chi connectivity index (χ3v) is 2.67. The van der Waals surface area contributed by atoms with Crippen molar-refractivity contribution in [3.05, 3.63) is 32.1 Å². The van der Waals surface area contributed by atoms with Gasteiger partial charge >= 0.3 is 5.69 Å². The van der Waals surface area contributed by atoms with Crippen molar-refractivity contribution in [2.45, 2.75) is 32.7 Å². The number of H-pyrrole nitrogens is 1. The highest BCUT2D eigenvalue weighted by atomic mass is 35.5. The Hall–Kier alpha value is -1.07. The third-order valence-electron chi connectivity index (χ3n) is 2.40. The van der Waals surface area contributed by atoms with Crippen molar-refractivity contribution in [3.8, 4) is 0 Å². The maximum Gasteiger partial charge on any atom is 0.328 e. The van der Waals surface area contributed by atoms with Gasteiger partial charge in [0.15, 0.2) is 0 Å². The van der Waals surface area contributed by atoms with E-state index < -0.39 is 11.2 Å². The van der Waals surface area contributed by atoms with E-state index in [1.807, 2.05) is 0 Å². The quantitative estimate of drug-likeness (QED) is 0.717. The maximum atomic E-state index is 11.4. The molecule has 0 saturated carbocycles. The van der Waals surface area contributed by atoms with Crippen LogP contribution in [0.5, 0.6) is 0 Å². The number of aromatic nitrogens is 2. The second-order valence-electron chi connectivity index (χ2n) is 3.89. The van der Waals surface area contributed by atoms with Crippen molar-refractivity contribution < 1.29 is 0 Å². The van der Waals surface area contributed by atoms with Gasteiger partial charge in [-0.25, -0.2) is 4.79 Å². The van der Waals surface area contributed by atoms with Gasteiger partial charge in [-0.2, -0.15) is 0 Å². The average molecular weight is 260 g/mol. The Balaban J connectivity index is 2.39. The molecule has 0 unspecified atom stereocenters. The highest BCUT2D eigenvalue weighted by molar-refractivity contribution is 6.30. The Morgan fingerprint density at radius 2 is 2.12 bits per heavy atom. The molecule has 0 radical (unpaired) electrons. The molecule has 0 spiro atoms. The lowest BCUT2D eigenvalue weighted by Gasteiger charge is -2.05. The van der Waals surface area contributed by atoms with E-state index in [1.165, 1.54) is 10.8 Å². The molecule has 0 amide bonds. The number of halogens is 1. The lowest BCUT2D eigenvalue weighted by molar-refractivity contribution is 0.550. The molecule has 0 bridgehead atoms. The Morgan fingerprint density at radius 1 is 1.35 bits per heavy atom. The number of aromatic amines is 1. The zero-order valence-corrected chi connectivity index (χ0v) is 10.7. The van der Waals surface area contributed by atoms with E-state index in [9.17, 15) is 9.59 Å². The monoisotopic (exact) mass is 259 g/mol. The topological polar surface area (TPSA) is 66.9 Å². The maximum absolute atomic E-state index is 11.4. The van der Waals surface area contributed by atoms with E-state index in [1.54, 1.807) is 0 Å². The van der Waals surface area contributed by atoms with Crippen LogP contribution in [0.3, 0.4) is 0 Å². The van der Waals surface area contributed by atoms with Gasteiger partial charge in [-0.15, -0.1) is 0 Å². The van der Waals surface area contributed by atoms with Crippen LogP contribution in [0.25, 0.3) is 0 Å². The van der Waals surface area contributed by atoms with E-state index in [0.717, 1.165) is 32.4 Å². The van der Waals surface area contributed by atoms with Crippen molar-refractivity contribution >= 4 is 11.6 Å². The van der Waals surface area contributed by atoms with Crippen LogP contribution < -0.4 is 16.6 Å². The first kappa shape index (κ1) is 14.0. The van der Waals surface area contributed by atoms with Crippen LogP contribution in [-0.4, -0.2) is 22.6 Å². The van der Waals surface area contributed by atoms with Gasteiger partial charge < -0.3 is 5.32 Å².